The number of fused-ring (bicyclic) bond motifs is 1. The topological polar surface area (TPSA) is 89.8 Å². The molecule has 1 saturated heterocycles. The van der Waals surface area contributed by atoms with E-state index < -0.39 is 23.2 Å². The van der Waals surface area contributed by atoms with E-state index in [2.05, 4.69) is 5.32 Å². The highest BCUT2D eigenvalue weighted by atomic mass is 35.5. The number of carboxylic acids is 1. The minimum Gasteiger partial charge on any atom is -0.496 e. The van der Waals surface area contributed by atoms with Crippen molar-refractivity contribution < 1.29 is 28.6 Å². The van der Waals surface area contributed by atoms with E-state index in [0.717, 1.165) is 11.1 Å². The lowest BCUT2D eigenvalue weighted by atomic mass is 9.86. The van der Waals surface area contributed by atoms with Gasteiger partial charge in [0.1, 0.15) is 22.8 Å². The zero-order valence-corrected chi connectivity index (χ0v) is 20.5. The van der Waals surface area contributed by atoms with Crippen molar-refractivity contribution in [1.29, 1.82) is 0 Å². The lowest BCUT2D eigenvalue weighted by molar-refractivity contribution is -0.136. The standard InChI is InChI=1S/C23H22ClFN2O5.C2H6/c1-12-19(31-3)9-17-14(21(12)24)8-18(27(17)2)22(30)26-23(10-32-11-23)15-5-4-13(6-16(15)25)7-20(28)29;1-2/h4-6,8-9H,7,10-11H2,1-3H3,(H,26,30)(H,28,29);1-2H3. The summed E-state index contributed by atoms with van der Waals surface area (Å²) in [6.07, 6.45) is -0.285. The largest absolute Gasteiger partial charge is 0.496 e. The van der Waals surface area contributed by atoms with Gasteiger partial charge in [0.05, 0.1) is 37.3 Å². The summed E-state index contributed by atoms with van der Waals surface area (Å²) in [6, 6.07) is 7.74. The molecule has 0 atom stereocenters. The number of amides is 1. The van der Waals surface area contributed by atoms with Crippen LogP contribution in [0.1, 0.15) is 41.0 Å². The molecule has 1 amide bonds. The number of rotatable bonds is 6. The summed E-state index contributed by atoms with van der Waals surface area (Å²) in [6.45, 7) is 6.04. The van der Waals surface area contributed by atoms with Gasteiger partial charge in [-0.1, -0.05) is 37.6 Å². The van der Waals surface area contributed by atoms with Gasteiger partial charge >= 0.3 is 5.97 Å². The lowest BCUT2D eigenvalue weighted by Crippen LogP contribution is -2.60. The average molecular weight is 491 g/mol. The highest BCUT2D eigenvalue weighted by Crippen LogP contribution is 2.37. The number of carbonyl (C=O) groups is 2. The summed E-state index contributed by atoms with van der Waals surface area (Å²) >= 11 is 6.50. The molecular weight excluding hydrogens is 463 g/mol. The van der Waals surface area contributed by atoms with Crippen molar-refractivity contribution in [2.75, 3.05) is 20.3 Å². The van der Waals surface area contributed by atoms with E-state index in [1.165, 1.54) is 12.1 Å². The number of aromatic nitrogens is 1. The molecular formula is C25H28ClFN2O5. The van der Waals surface area contributed by atoms with Crippen molar-refractivity contribution in [2.45, 2.75) is 32.7 Å². The van der Waals surface area contributed by atoms with Crippen LogP contribution in [0.25, 0.3) is 10.9 Å². The van der Waals surface area contributed by atoms with Crippen LogP contribution in [0, 0.1) is 12.7 Å². The van der Waals surface area contributed by atoms with E-state index in [9.17, 15) is 14.0 Å². The molecule has 0 radical (unpaired) electrons. The lowest BCUT2D eigenvalue weighted by Gasteiger charge is -2.42. The smallest absolute Gasteiger partial charge is 0.307 e. The third-order valence-electron chi connectivity index (χ3n) is 5.89. The fraction of sp³-hybridized carbons (Fsp3) is 0.360. The molecule has 1 aromatic heterocycles. The second kappa shape index (κ2) is 10.0. The Balaban J connectivity index is 0.00000158. The van der Waals surface area contributed by atoms with Gasteiger partial charge in [0, 0.05) is 29.6 Å². The van der Waals surface area contributed by atoms with E-state index >= 15 is 0 Å². The van der Waals surface area contributed by atoms with Gasteiger partial charge in [-0.3, -0.25) is 9.59 Å². The minimum absolute atomic E-state index is 0.103. The number of aryl methyl sites for hydroxylation is 1. The Morgan fingerprint density at radius 3 is 2.47 bits per heavy atom. The molecule has 0 saturated carbocycles. The third-order valence-corrected chi connectivity index (χ3v) is 6.38. The molecule has 3 aromatic rings. The first-order valence-electron chi connectivity index (χ1n) is 10.9. The molecule has 9 heteroatoms. The van der Waals surface area contributed by atoms with E-state index in [1.54, 1.807) is 30.9 Å². The van der Waals surface area contributed by atoms with E-state index in [0.29, 0.717) is 27.4 Å². The first-order chi connectivity index (χ1) is 16.2. The quantitative estimate of drug-likeness (QED) is 0.527. The number of aliphatic carboxylic acids is 1. The van der Waals surface area contributed by atoms with Gasteiger partial charge in [-0.2, -0.15) is 0 Å². The van der Waals surface area contributed by atoms with Crippen LogP contribution in [0.4, 0.5) is 4.39 Å². The van der Waals surface area contributed by atoms with Gasteiger partial charge < -0.3 is 24.5 Å². The van der Waals surface area contributed by atoms with Crippen LogP contribution in [-0.2, 0) is 28.5 Å². The zero-order valence-electron chi connectivity index (χ0n) is 19.8. The summed E-state index contributed by atoms with van der Waals surface area (Å²) in [4.78, 5) is 24.1. The number of carbonyl (C=O) groups excluding carboxylic acids is 1. The normalized spacial score (nSPS) is 14.1. The second-order valence-corrected chi connectivity index (χ2v) is 8.33. The van der Waals surface area contributed by atoms with Crippen LogP contribution in [-0.4, -0.2) is 41.9 Å². The maximum absolute atomic E-state index is 14.9. The van der Waals surface area contributed by atoms with Crippen molar-refractivity contribution in [3.8, 4) is 5.75 Å². The number of hydrogen-bond donors (Lipinski definition) is 2. The van der Waals surface area contributed by atoms with Crippen LogP contribution < -0.4 is 10.1 Å². The molecule has 2 heterocycles. The molecule has 0 bridgehead atoms. The molecule has 7 nitrogen and oxygen atoms in total. The molecule has 1 aliphatic rings. The van der Waals surface area contributed by atoms with Crippen molar-refractivity contribution in [3.05, 3.63) is 63.6 Å². The second-order valence-electron chi connectivity index (χ2n) is 7.95. The highest BCUT2D eigenvalue weighted by Gasteiger charge is 2.44. The Labute approximate surface area is 202 Å². The number of hydrogen-bond acceptors (Lipinski definition) is 4. The Bertz CT molecular complexity index is 1250. The van der Waals surface area contributed by atoms with Crippen LogP contribution in [0.15, 0.2) is 30.3 Å². The average Bonchev–Trinajstić information content (AvgIpc) is 3.11. The van der Waals surface area contributed by atoms with Gasteiger partial charge in [-0.25, -0.2) is 4.39 Å². The van der Waals surface area contributed by atoms with Gasteiger partial charge in [0.15, 0.2) is 0 Å². The Kier molecular flexibility index (Phi) is 7.53. The van der Waals surface area contributed by atoms with Gasteiger partial charge in [0.2, 0.25) is 0 Å². The van der Waals surface area contributed by atoms with Crippen molar-refractivity contribution in [3.63, 3.8) is 0 Å². The molecule has 0 spiro atoms. The van der Waals surface area contributed by atoms with Gasteiger partial charge in [-0.15, -0.1) is 0 Å². The highest BCUT2D eigenvalue weighted by molar-refractivity contribution is 6.36. The molecule has 0 unspecified atom stereocenters. The molecule has 1 aliphatic heterocycles. The Morgan fingerprint density at radius 1 is 1.26 bits per heavy atom. The fourth-order valence-corrected chi connectivity index (χ4v) is 4.30. The Hall–Kier alpha value is -3.10. The molecule has 182 valence electrons. The predicted molar refractivity (Wildman–Crippen MR) is 128 cm³/mol. The number of carboxylic acid groups (broad SMARTS) is 1. The summed E-state index contributed by atoms with van der Waals surface area (Å²) in [7, 11) is 3.30. The van der Waals surface area contributed by atoms with Crippen molar-refractivity contribution in [2.24, 2.45) is 7.05 Å². The van der Waals surface area contributed by atoms with E-state index in [1.807, 2.05) is 26.8 Å². The monoisotopic (exact) mass is 490 g/mol. The Morgan fingerprint density at radius 2 is 1.94 bits per heavy atom. The van der Waals surface area contributed by atoms with Crippen LogP contribution in [0.5, 0.6) is 5.75 Å². The summed E-state index contributed by atoms with van der Waals surface area (Å²) < 4.78 is 27.3. The van der Waals surface area contributed by atoms with Crippen molar-refractivity contribution in [1.82, 2.24) is 9.88 Å². The number of benzene rings is 2. The predicted octanol–water partition coefficient (Wildman–Crippen LogP) is 4.60. The molecule has 1 fully saturated rings. The van der Waals surface area contributed by atoms with Crippen molar-refractivity contribution >= 4 is 34.4 Å². The van der Waals surface area contributed by atoms with Gasteiger partial charge in [0.25, 0.3) is 5.91 Å². The number of nitrogens with zero attached hydrogens (tertiary/aromatic N) is 1. The van der Waals surface area contributed by atoms with E-state index in [4.69, 9.17) is 26.2 Å². The first-order valence-corrected chi connectivity index (χ1v) is 11.3. The molecule has 2 N–H and O–H groups in total. The SMILES string of the molecule is CC.COc1cc2c(cc(C(=O)NC3(c4ccc(CC(=O)O)cc4F)COC3)n2C)c(Cl)c1C. The fourth-order valence-electron chi connectivity index (χ4n) is 4.05. The number of nitrogens with one attached hydrogen (secondary N) is 1. The maximum Gasteiger partial charge on any atom is 0.307 e. The van der Waals surface area contributed by atoms with Crippen LogP contribution >= 0.6 is 11.6 Å². The molecule has 4 rings (SSSR count). The number of halogens is 2. The summed E-state index contributed by atoms with van der Waals surface area (Å²) in [5.41, 5.74) is 1.39. The molecule has 34 heavy (non-hydrogen) atoms. The van der Waals surface area contributed by atoms with Crippen LogP contribution in [0.3, 0.4) is 0 Å². The molecule has 2 aromatic carbocycles. The number of methoxy groups -OCH3 is 1. The maximum atomic E-state index is 14.9. The summed E-state index contributed by atoms with van der Waals surface area (Å²) in [5, 5.41) is 13.0. The minimum atomic E-state index is -1.05. The molecule has 0 aliphatic carbocycles. The summed E-state index contributed by atoms with van der Waals surface area (Å²) in [5.74, 6) is -1.43. The third kappa shape index (κ3) is 4.48. The van der Waals surface area contributed by atoms with Crippen LogP contribution in [0.2, 0.25) is 5.02 Å². The van der Waals surface area contributed by atoms with E-state index in [-0.39, 0.29) is 25.2 Å². The number of ether oxygens (including phenoxy) is 2. The first kappa shape index (κ1) is 25.5. The zero-order chi connectivity index (χ0) is 25.2. The van der Waals surface area contributed by atoms with Gasteiger partial charge in [-0.05, 0) is 24.6 Å².